The molecule has 40 heavy (non-hydrogen) atoms. The number of sulfonamides is 1. The number of amides is 2. The topological polar surface area (TPSA) is 96.0 Å². The van der Waals surface area contributed by atoms with E-state index in [0.717, 1.165) is 21.9 Å². The third-order valence-electron chi connectivity index (χ3n) is 6.29. The lowest BCUT2D eigenvalue weighted by atomic mass is 10.1. The van der Waals surface area contributed by atoms with Crippen molar-refractivity contribution < 1.29 is 22.7 Å². The van der Waals surface area contributed by atoms with Crippen molar-refractivity contribution in [2.75, 3.05) is 24.5 Å². The summed E-state index contributed by atoms with van der Waals surface area (Å²) in [6, 6.07) is 16.8. The van der Waals surface area contributed by atoms with Crippen LogP contribution in [0.2, 0.25) is 10.0 Å². The normalized spacial score (nSPS) is 11.9. The fraction of sp³-hybridized carbons (Fsp3) is 0.310. The number of hydrogen-bond donors (Lipinski definition) is 1. The van der Waals surface area contributed by atoms with Crippen molar-refractivity contribution in [1.29, 1.82) is 0 Å². The molecule has 0 spiro atoms. The summed E-state index contributed by atoms with van der Waals surface area (Å²) in [6.45, 7) is 5.27. The van der Waals surface area contributed by atoms with Gasteiger partial charge in [0.1, 0.15) is 18.3 Å². The van der Waals surface area contributed by atoms with Crippen LogP contribution in [0.15, 0.2) is 71.6 Å². The molecular formula is C29H33Cl2N3O5S. The average molecular weight is 607 g/mol. The zero-order valence-electron chi connectivity index (χ0n) is 22.9. The van der Waals surface area contributed by atoms with Gasteiger partial charge in [-0.05, 0) is 68.3 Å². The number of rotatable bonds is 12. The molecule has 0 aliphatic carbocycles. The summed E-state index contributed by atoms with van der Waals surface area (Å²) in [4.78, 5) is 28.2. The Morgan fingerprint density at radius 1 is 1.00 bits per heavy atom. The van der Waals surface area contributed by atoms with Crippen LogP contribution >= 0.6 is 23.2 Å². The number of benzene rings is 3. The molecule has 3 aromatic carbocycles. The first-order valence-corrected chi connectivity index (χ1v) is 14.9. The minimum Gasteiger partial charge on any atom is -0.497 e. The van der Waals surface area contributed by atoms with Crippen LogP contribution < -0.4 is 14.4 Å². The van der Waals surface area contributed by atoms with Crippen LogP contribution in [-0.2, 0) is 26.2 Å². The van der Waals surface area contributed by atoms with Gasteiger partial charge >= 0.3 is 0 Å². The number of ether oxygens (including phenoxy) is 1. The SMILES string of the molecule is CCCNC(=O)[C@H](C)N(Cc1ccc(OC)cc1)C(=O)CN(c1cc(Cl)ccc1Cl)S(=O)(=O)c1ccc(C)cc1. The van der Waals surface area contributed by atoms with E-state index >= 15 is 0 Å². The summed E-state index contributed by atoms with van der Waals surface area (Å²) in [7, 11) is -2.70. The smallest absolute Gasteiger partial charge is 0.264 e. The molecule has 0 fully saturated rings. The standard InChI is InChI=1S/C29H33Cl2N3O5S/c1-5-16-32-29(36)21(3)33(18-22-8-11-24(39-4)12-9-22)28(35)19-34(27-17-23(30)10-15-26(27)31)40(37,38)25-13-6-20(2)7-14-25/h6-15,17,21H,5,16,18-19H2,1-4H3,(H,32,36)/t21-/m0/s1. The van der Waals surface area contributed by atoms with Crippen LogP contribution in [-0.4, -0.2) is 51.4 Å². The Morgan fingerprint density at radius 2 is 1.65 bits per heavy atom. The molecule has 0 aliphatic rings. The predicted octanol–water partition coefficient (Wildman–Crippen LogP) is 5.45. The molecule has 0 bridgehead atoms. The summed E-state index contributed by atoms with van der Waals surface area (Å²) < 4.78 is 34.0. The van der Waals surface area contributed by atoms with Crippen molar-refractivity contribution in [3.8, 4) is 5.75 Å². The van der Waals surface area contributed by atoms with E-state index in [1.54, 1.807) is 50.4 Å². The maximum Gasteiger partial charge on any atom is 0.264 e. The second kappa shape index (κ2) is 13.9. The van der Waals surface area contributed by atoms with Gasteiger partial charge in [-0.15, -0.1) is 0 Å². The summed E-state index contributed by atoms with van der Waals surface area (Å²) in [5.74, 6) is -0.305. The number of nitrogens with one attached hydrogen (secondary N) is 1. The molecule has 214 valence electrons. The molecule has 0 saturated carbocycles. The molecule has 0 unspecified atom stereocenters. The van der Waals surface area contributed by atoms with Crippen molar-refractivity contribution in [3.63, 3.8) is 0 Å². The molecule has 3 aromatic rings. The van der Waals surface area contributed by atoms with Gasteiger partial charge in [0.15, 0.2) is 0 Å². The number of anilines is 1. The monoisotopic (exact) mass is 605 g/mol. The van der Waals surface area contributed by atoms with Gasteiger partial charge in [-0.1, -0.05) is 60.0 Å². The highest BCUT2D eigenvalue weighted by Crippen LogP contribution is 2.33. The van der Waals surface area contributed by atoms with Crippen LogP contribution in [0.5, 0.6) is 5.75 Å². The van der Waals surface area contributed by atoms with Gasteiger partial charge < -0.3 is 15.0 Å². The maximum atomic E-state index is 13.9. The minimum absolute atomic E-state index is 0.0163. The molecule has 3 rings (SSSR count). The van der Waals surface area contributed by atoms with E-state index < -0.39 is 28.5 Å². The number of carbonyl (C=O) groups is 2. The molecule has 0 aromatic heterocycles. The lowest BCUT2D eigenvalue weighted by Crippen LogP contribution is -2.51. The van der Waals surface area contributed by atoms with E-state index in [0.29, 0.717) is 12.3 Å². The predicted molar refractivity (Wildman–Crippen MR) is 158 cm³/mol. The highest BCUT2D eigenvalue weighted by atomic mass is 35.5. The van der Waals surface area contributed by atoms with Gasteiger partial charge in [-0.25, -0.2) is 8.42 Å². The summed E-state index contributed by atoms with van der Waals surface area (Å²) in [5, 5.41) is 3.16. The highest BCUT2D eigenvalue weighted by molar-refractivity contribution is 7.92. The Bertz CT molecular complexity index is 1430. The van der Waals surface area contributed by atoms with Crippen molar-refractivity contribution in [2.24, 2.45) is 0 Å². The Hall–Kier alpha value is -3.27. The number of carbonyl (C=O) groups excluding carboxylic acids is 2. The quantitative estimate of drug-likeness (QED) is 0.296. The van der Waals surface area contributed by atoms with E-state index in [4.69, 9.17) is 27.9 Å². The van der Waals surface area contributed by atoms with Crippen molar-refractivity contribution >= 4 is 50.7 Å². The van der Waals surface area contributed by atoms with Crippen molar-refractivity contribution in [1.82, 2.24) is 10.2 Å². The maximum absolute atomic E-state index is 13.9. The third-order valence-corrected chi connectivity index (χ3v) is 8.62. The summed E-state index contributed by atoms with van der Waals surface area (Å²) in [6.07, 6.45) is 0.723. The fourth-order valence-electron chi connectivity index (χ4n) is 3.93. The van der Waals surface area contributed by atoms with Gasteiger partial charge in [0.05, 0.1) is 22.7 Å². The average Bonchev–Trinajstić information content (AvgIpc) is 2.94. The third kappa shape index (κ3) is 7.68. The Labute approximate surface area is 245 Å². The van der Waals surface area contributed by atoms with Crippen molar-refractivity contribution in [2.45, 2.75) is 44.7 Å². The molecule has 8 nitrogen and oxygen atoms in total. The summed E-state index contributed by atoms with van der Waals surface area (Å²) in [5.41, 5.74) is 1.66. The van der Waals surface area contributed by atoms with Crippen LogP contribution in [0.4, 0.5) is 5.69 Å². The molecule has 0 heterocycles. The fourth-order valence-corrected chi connectivity index (χ4v) is 5.79. The van der Waals surface area contributed by atoms with Crippen LogP contribution in [0.25, 0.3) is 0 Å². The second-order valence-corrected chi connectivity index (χ2v) is 12.0. The molecule has 0 radical (unpaired) electrons. The lowest BCUT2D eigenvalue weighted by molar-refractivity contribution is -0.139. The number of halogens is 2. The number of nitrogens with zero attached hydrogens (tertiary/aromatic N) is 2. The zero-order chi connectivity index (χ0) is 29.4. The lowest BCUT2D eigenvalue weighted by Gasteiger charge is -2.32. The van der Waals surface area contributed by atoms with Crippen LogP contribution in [0.3, 0.4) is 0 Å². The first-order chi connectivity index (χ1) is 19.0. The molecule has 0 saturated heterocycles. The molecule has 2 amide bonds. The number of methoxy groups -OCH3 is 1. The first-order valence-electron chi connectivity index (χ1n) is 12.7. The van der Waals surface area contributed by atoms with E-state index in [2.05, 4.69) is 5.32 Å². The van der Waals surface area contributed by atoms with E-state index in [1.807, 2.05) is 13.8 Å². The zero-order valence-corrected chi connectivity index (χ0v) is 25.2. The first kappa shape index (κ1) is 31.3. The Kier molecular flexibility index (Phi) is 10.8. The molecular weight excluding hydrogens is 573 g/mol. The largest absolute Gasteiger partial charge is 0.497 e. The van der Waals surface area contributed by atoms with Crippen LogP contribution in [0.1, 0.15) is 31.4 Å². The van der Waals surface area contributed by atoms with Gasteiger partial charge in [-0.2, -0.15) is 0 Å². The van der Waals surface area contributed by atoms with Crippen LogP contribution in [0, 0.1) is 6.92 Å². The van der Waals surface area contributed by atoms with Crippen molar-refractivity contribution in [3.05, 3.63) is 87.9 Å². The van der Waals surface area contributed by atoms with Gasteiger partial charge in [-0.3, -0.25) is 13.9 Å². The minimum atomic E-state index is -4.26. The summed E-state index contributed by atoms with van der Waals surface area (Å²) >= 11 is 12.6. The van der Waals surface area contributed by atoms with E-state index in [-0.39, 0.29) is 33.1 Å². The Morgan fingerprint density at radius 3 is 2.25 bits per heavy atom. The molecule has 0 aliphatic heterocycles. The van der Waals surface area contributed by atoms with E-state index in [1.165, 1.54) is 35.2 Å². The number of hydrogen-bond acceptors (Lipinski definition) is 5. The molecule has 1 atom stereocenters. The molecule has 11 heteroatoms. The number of aryl methyl sites for hydroxylation is 1. The second-order valence-electron chi connectivity index (χ2n) is 9.26. The van der Waals surface area contributed by atoms with Gasteiger partial charge in [0.2, 0.25) is 11.8 Å². The van der Waals surface area contributed by atoms with Gasteiger partial charge in [0.25, 0.3) is 10.0 Å². The van der Waals surface area contributed by atoms with E-state index in [9.17, 15) is 18.0 Å². The Balaban J connectivity index is 2.05. The van der Waals surface area contributed by atoms with Gasteiger partial charge in [0, 0.05) is 18.1 Å². The highest BCUT2D eigenvalue weighted by Gasteiger charge is 2.33. The molecule has 1 N–H and O–H groups in total.